The summed E-state index contributed by atoms with van der Waals surface area (Å²) >= 11 is 0. The van der Waals surface area contributed by atoms with Crippen LogP contribution in [-0.4, -0.2) is 28.2 Å². The van der Waals surface area contributed by atoms with Crippen molar-refractivity contribution < 1.29 is 14.6 Å². The van der Waals surface area contributed by atoms with Crippen molar-refractivity contribution in [3.05, 3.63) is 18.1 Å². The number of carboxylic acids is 1. The van der Waals surface area contributed by atoms with Gasteiger partial charge in [-0.05, 0) is 0 Å². The molecule has 1 heterocycles. The number of methoxy groups -OCH3 is 1. The molecule has 0 aliphatic rings. The standard InChI is InChI=1S/C6H6N2O3/c1-11-5-4(6(9)10)7-2-3-8-5/h2-3H,1H3,(H,9,10). The van der Waals surface area contributed by atoms with Crippen molar-refractivity contribution in [3.8, 4) is 5.88 Å². The van der Waals surface area contributed by atoms with Gasteiger partial charge in [-0.2, -0.15) is 0 Å². The maximum Gasteiger partial charge on any atom is 0.360 e. The van der Waals surface area contributed by atoms with E-state index in [1.54, 1.807) is 0 Å². The average Bonchev–Trinajstić information content (AvgIpc) is 2.04. The van der Waals surface area contributed by atoms with Gasteiger partial charge >= 0.3 is 5.97 Å². The van der Waals surface area contributed by atoms with Crippen molar-refractivity contribution in [3.63, 3.8) is 0 Å². The molecule has 1 aromatic rings. The molecular weight excluding hydrogens is 148 g/mol. The third-order valence-electron chi connectivity index (χ3n) is 1.06. The number of aromatic carboxylic acids is 1. The quantitative estimate of drug-likeness (QED) is 0.657. The Hall–Kier alpha value is -1.65. The molecule has 0 aromatic carbocycles. The molecule has 0 bridgehead atoms. The predicted molar refractivity (Wildman–Crippen MR) is 35.5 cm³/mol. The zero-order valence-corrected chi connectivity index (χ0v) is 5.81. The van der Waals surface area contributed by atoms with Gasteiger partial charge in [0.2, 0.25) is 11.6 Å². The summed E-state index contributed by atoms with van der Waals surface area (Å²) in [6, 6.07) is 0. The Morgan fingerprint density at radius 1 is 1.55 bits per heavy atom. The summed E-state index contributed by atoms with van der Waals surface area (Å²) in [7, 11) is 1.34. The molecule has 5 nitrogen and oxygen atoms in total. The minimum absolute atomic E-state index is 0.0278. The molecule has 0 fully saturated rings. The molecule has 5 heteroatoms. The number of hydrogen-bond donors (Lipinski definition) is 1. The molecule has 1 N–H and O–H groups in total. The molecule has 1 aromatic heterocycles. The highest BCUT2D eigenvalue weighted by Crippen LogP contribution is 2.08. The van der Waals surface area contributed by atoms with E-state index in [1.807, 2.05) is 0 Å². The van der Waals surface area contributed by atoms with Crippen LogP contribution in [-0.2, 0) is 0 Å². The summed E-state index contributed by atoms with van der Waals surface area (Å²) in [6.45, 7) is 0. The lowest BCUT2D eigenvalue weighted by Gasteiger charge is -1.99. The average molecular weight is 154 g/mol. The highest BCUT2D eigenvalue weighted by molar-refractivity contribution is 5.87. The lowest BCUT2D eigenvalue weighted by molar-refractivity contribution is 0.0685. The van der Waals surface area contributed by atoms with Crippen LogP contribution in [0, 0.1) is 0 Å². The third kappa shape index (κ3) is 1.43. The van der Waals surface area contributed by atoms with Gasteiger partial charge in [0.15, 0.2) is 0 Å². The van der Waals surface area contributed by atoms with Crippen LogP contribution in [0.2, 0.25) is 0 Å². The van der Waals surface area contributed by atoms with E-state index in [1.165, 1.54) is 19.5 Å². The molecule has 0 spiro atoms. The van der Waals surface area contributed by atoms with E-state index >= 15 is 0 Å². The summed E-state index contributed by atoms with van der Waals surface area (Å²) in [6.07, 6.45) is 2.66. The largest absolute Gasteiger partial charge is 0.479 e. The fraction of sp³-hybridized carbons (Fsp3) is 0.167. The van der Waals surface area contributed by atoms with E-state index in [0.29, 0.717) is 0 Å². The molecule has 11 heavy (non-hydrogen) atoms. The predicted octanol–water partition coefficient (Wildman–Crippen LogP) is 0.183. The van der Waals surface area contributed by atoms with Crippen LogP contribution in [0.5, 0.6) is 5.88 Å². The normalized spacial score (nSPS) is 9.18. The Balaban J connectivity index is 3.12. The topological polar surface area (TPSA) is 72.3 Å². The minimum Gasteiger partial charge on any atom is -0.479 e. The van der Waals surface area contributed by atoms with E-state index in [2.05, 4.69) is 14.7 Å². The van der Waals surface area contributed by atoms with Gasteiger partial charge in [0, 0.05) is 12.4 Å². The minimum atomic E-state index is -1.14. The molecule has 0 radical (unpaired) electrons. The van der Waals surface area contributed by atoms with Crippen LogP contribution in [0.25, 0.3) is 0 Å². The SMILES string of the molecule is COc1nccnc1C(=O)O. The number of carboxylic acid groups (broad SMARTS) is 1. The highest BCUT2D eigenvalue weighted by atomic mass is 16.5. The Morgan fingerprint density at radius 2 is 2.18 bits per heavy atom. The summed E-state index contributed by atoms with van der Waals surface area (Å²) in [4.78, 5) is 17.6. The summed E-state index contributed by atoms with van der Waals surface area (Å²) < 4.78 is 4.65. The monoisotopic (exact) mass is 154 g/mol. The van der Waals surface area contributed by atoms with Crippen molar-refractivity contribution in [2.75, 3.05) is 7.11 Å². The van der Waals surface area contributed by atoms with Gasteiger partial charge in [-0.1, -0.05) is 0 Å². The van der Waals surface area contributed by atoms with Crippen LogP contribution in [0.1, 0.15) is 10.5 Å². The van der Waals surface area contributed by atoms with E-state index < -0.39 is 5.97 Å². The first-order valence-corrected chi connectivity index (χ1v) is 2.84. The van der Waals surface area contributed by atoms with Crippen LogP contribution in [0.15, 0.2) is 12.4 Å². The first-order chi connectivity index (χ1) is 5.25. The Labute approximate surface area is 62.7 Å². The lowest BCUT2D eigenvalue weighted by atomic mass is 10.4. The fourth-order valence-corrected chi connectivity index (χ4v) is 0.621. The number of hydrogen-bond acceptors (Lipinski definition) is 4. The smallest absolute Gasteiger partial charge is 0.360 e. The van der Waals surface area contributed by atoms with Gasteiger partial charge in [0.1, 0.15) is 0 Å². The molecule has 0 aliphatic heterocycles. The van der Waals surface area contributed by atoms with Crippen LogP contribution < -0.4 is 4.74 Å². The molecule has 0 saturated carbocycles. The zero-order chi connectivity index (χ0) is 8.27. The van der Waals surface area contributed by atoms with E-state index in [0.717, 1.165) is 0 Å². The number of aromatic nitrogens is 2. The first kappa shape index (κ1) is 7.46. The van der Waals surface area contributed by atoms with Gasteiger partial charge in [0.05, 0.1) is 7.11 Å². The van der Waals surface area contributed by atoms with E-state index in [4.69, 9.17) is 5.11 Å². The summed E-state index contributed by atoms with van der Waals surface area (Å²) in [5.41, 5.74) is -0.171. The van der Waals surface area contributed by atoms with Crippen LogP contribution >= 0.6 is 0 Å². The molecule has 0 saturated heterocycles. The maximum atomic E-state index is 10.4. The van der Waals surface area contributed by atoms with Gasteiger partial charge in [0.25, 0.3) is 0 Å². The van der Waals surface area contributed by atoms with Crippen molar-refractivity contribution in [2.45, 2.75) is 0 Å². The molecular formula is C6H6N2O3. The molecule has 0 aliphatic carbocycles. The number of carbonyl (C=O) groups is 1. The fourth-order valence-electron chi connectivity index (χ4n) is 0.621. The highest BCUT2D eigenvalue weighted by Gasteiger charge is 2.11. The third-order valence-corrected chi connectivity index (χ3v) is 1.06. The maximum absolute atomic E-state index is 10.4. The lowest BCUT2D eigenvalue weighted by Crippen LogP contribution is -2.04. The van der Waals surface area contributed by atoms with Crippen LogP contribution in [0.3, 0.4) is 0 Å². The molecule has 0 unspecified atom stereocenters. The van der Waals surface area contributed by atoms with Gasteiger partial charge < -0.3 is 9.84 Å². The second-order valence-electron chi connectivity index (χ2n) is 1.72. The van der Waals surface area contributed by atoms with Gasteiger partial charge in [-0.25, -0.2) is 14.8 Å². The Morgan fingerprint density at radius 3 is 2.64 bits per heavy atom. The van der Waals surface area contributed by atoms with Gasteiger partial charge in [-0.3, -0.25) is 0 Å². The Kier molecular flexibility index (Phi) is 2.00. The van der Waals surface area contributed by atoms with E-state index in [9.17, 15) is 4.79 Å². The zero-order valence-electron chi connectivity index (χ0n) is 5.81. The summed E-state index contributed by atoms with van der Waals surface area (Å²) in [5, 5.41) is 8.51. The molecule has 1 rings (SSSR count). The number of nitrogens with zero attached hydrogens (tertiary/aromatic N) is 2. The number of rotatable bonds is 2. The van der Waals surface area contributed by atoms with Crippen molar-refractivity contribution in [1.29, 1.82) is 0 Å². The Bertz CT molecular complexity index is 274. The molecule has 0 atom stereocenters. The molecule has 0 amide bonds. The second-order valence-corrected chi connectivity index (χ2v) is 1.72. The first-order valence-electron chi connectivity index (χ1n) is 2.84. The van der Waals surface area contributed by atoms with Crippen molar-refractivity contribution in [1.82, 2.24) is 9.97 Å². The van der Waals surface area contributed by atoms with Gasteiger partial charge in [-0.15, -0.1) is 0 Å². The number of ether oxygens (including phenoxy) is 1. The second kappa shape index (κ2) is 2.96. The molecule has 58 valence electrons. The van der Waals surface area contributed by atoms with Crippen molar-refractivity contribution in [2.24, 2.45) is 0 Å². The van der Waals surface area contributed by atoms with Crippen molar-refractivity contribution >= 4 is 5.97 Å². The summed E-state index contributed by atoms with van der Waals surface area (Å²) in [5.74, 6) is -1.12. The van der Waals surface area contributed by atoms with E-state index in [-0.39, 0.29) is 11.6 Å². The van der Waals surface area contributed by atoms with Crippen LogP contribution in [0.4, 0.5) is 0 Å².